The number of thioether (sulfide) groups is 1. The lowest BCUT2D eigenvalue weighted by Gasteiger charge is -2.20. The van der Waals surface area contributed by atoms with Crippen LogP contribution >= 0.6 is 11.8 Å². The second-order valence-corrected chi connectivity index (χ2v) is 5.65. The summed E-state index contributed by atoms with van der Waals surface area (Å²) in [5.74, 6) is 0. The van der Waals surface area contributed by atoms with Gasteiger partial charge in [0.05, 0.1) is 10.5 Å². The predicted octanol–water partition coefficient (Wildman–Crippen LogP) is 5.14. The molecule has 0 N–H and O–H groups in total. The lowest BCUT2D eigenvalue weighted by Crippen LogP contribution is -2.03. The quantitative estimate of drug-likeness (QED) is 0.705. The number of benzene rings is 2. The topological polar surface area (TPSA) is 0 Å². The Morgan fingerprint density at radius 1 is 0.684 bits per heavy atom. The largest absolute Gasteiger partial charge is 0.250 e. The molecule has 0 spiro atoms. The van der Waals surface area contributed by atoms with E-state index in [2.05, 4.69) is 0 Å². The lowest BCUT2D eigenvalue weighted by molar-refractivity contribution is 0.475. The van der Waals surface area contributed by atoms with E-state index < -0.39 is 13.3 Å². The van der Waals surface area contributed by atoms with Crippen molar-refractivity contribution in [2.75, 3.05) is 13.3 Å². The Hall–Kier alpha value is -1.35. The average molecular weight is 278 g/mol. The molecule has 0 aliphatic rings. The van der Waals surface area contributed by atoms with E-state index in [9.17, 15) is 8.78 Å². The summed E-state index contributed by atoms with van der Waals surface area (Å²) in [6.45, 7) is -0.976. The fourth-order valence-electron chi connectivity index (χ4n) is 1.94. The molecule has 2 unspecified atom stereocenters. The van der Waals surface area contributed by atoms with Crippen LogP contribution in [0.15, 0.2) is 60.7 Å². The van der Waals surface area contributed by atoms with E-state index in [-0.39, 0.29) is 10.5 Å². The fourth-order valence-corrected chi connectivity index (χ4v) is 3.11. The second-order valence-electron chi connectivity index (χ2n) is 4.24. The van der Waals surface area contributed by atoms with Gasteiger partial charge in [-0.1, -0.05) is 60.7 Å². The maximum Gasteiger partial charge on any atom is 0.105 e. The molecule has 2 aromatic rings. The van der Waals surface area contributed by atoms with Gasteiger partial charge in [0.2, 0.25) is 0 Å². The SMILES string of the molecule is FCC(SC(CF)c1ccccc1)c1ccccc1. The summed E-state index contributed by atoms with van der Waals surface area (Å²) in [5.41, 5.74) is 1.81. The van der Waals surface area contributed by atoms with Crippen molar-refractivity contribution in [2.45, 2.75) is 10.5 Å². The van der Waals surface area contributed by atoms with Crippen LogP contribution < -0.4 is 0 Å². The molecule has 2 atom stereocenters. The van der Waals surface area contributed by atoms with Crippen LogP contribution in [0.3, 0.4) is 0 Å². The molecule has 0 saturated heterocycles. The van der Waals surface area contributed by atoms with Gasteiger partial charge in [0.15, 0.2) is 0 Å². The van der Waals surface area contributed by atoms with Crippen molar-refractivity contribution in [3.63, 3.8) is 0 Å². The van der Waals surface area contributed by atoms with Crippen molar-refractivity contribution < 1.29 is 8.78 Å². The third kappa shape index (κ3) is 3.80. The first-order valence-corrected chi connectivity index (χ1v) is 7.16. The summed E-state index contributed by atoms with van der Waals surface area (Å²) >= 11 is 1.35. The molecular weight excluding hydrogens is 262 g/mol. The molecule has 0 bridgehead atoms. The molecule has 19 heavy (non-hydrogen) atoms. The zero-order valence-corrected chi connectivity index (χ0v) is 11.3. The molecule has 2 aromatic carbocycles. The highest BCUT2D eigenvalue weighted by Gasteiger charge is 2.20. The Balaban J connectivity index is 2.13. The minimum absolute atomic E-state index is 0.317. The van der Waals surface area contributed by atoms with E-state index in [1.165, 1.54) is 11.8 Å². The van der Waals surface area contributed by atoms with E-state index in [1.54, 1.807) is 0 Å². The highest BCUT2D eigenvalue weighted by molar-refractivity contribution is 7.99. The van der Waals surface area contributed by atoms with Crippen LogP contribution in [0, 0.1) is 0 Å². The van der Waals surface area contributed by atoms with Crippen molar-refractivity contribution in [3.8, 4) is 0 Å². The van der Waals surface area contributed by atoms with Gasteiger partial charge in [0, 0.05) is 0 Å². The first-order valence-electron chi connectivity index (χ1n) is 6.22. The summed E-state index contributed by atoms with van der Waals surface area (Å²) in [6, 6.07) is 18.9. The van der Waals surface area contributed by atoms with Gasteiger partial charge in [-0.05, 0) is 11.1 Å². The van der Waals surface area contributed by atoms with Gasteiger partial charge >= 0.3 is 0 Å². The number of rotatable bonds is 6. The normalized spacial score (nSPS) is 14.0. The Bertz CT molecular complexity index is 427. The van der Waals surface area contributed by atoms with Gasteiger partial charge in [-0.25, -0.2) is 8.78 Å². The molecule has 100 valence electrons. The van der Waals surface area contributed by atoms with Gasteiger partial charge in [0.1, 0.15) is 13.3 Å². The van der Waals surface area contributed by atoms with Crippen LogP contribution in [0.1, 0.15) is 21.6 Å². The smallest absolute Gasteiger partial charge is 0.105 e. The second kappa shape index (κ2) is 7.29. The molecular formula is C16H16F2S. The summed E-state index contributed by atoms with van der Waals surface area (Å²) in [4.78, 5) is 0. The highest BCUT2D eigenvalue weighted by atomic mass is 32.2. The molecule has 0 aliphatic carbocycles. The van der Waals surface area contributed by atoms with Crippen LogP contribution in [0.5, 0.6) is 0 Å². The molecule has 3 heteroatoms. The lowest BCUT2D eigenvalue weighted by atomic mass is 10.1. The summed E-state index contributed by atoms with van der Waals surface area (Å²) in [5, 5.41) is -0.635. The van der Waals surface area contributed by atoms with Gasteiger partial charge < -0.3 is 0 Å². The molecule has 0 heterocycles. The maximum absolute atomic E-state index is 13.2. The summed E-state index contributed by atoms with van der Waals surface area (Å²) < 4.78 is 26.4. The van der Waals surface area contributed by atoms with Crippen LogP contribution in [-0.4, -0.2) is 13.3 Å². The predicted molar refractivity (Wildman–Crippen MR) is 77.9 cm³/mol. The molecule has 0 saturated carbocycles. The van der Waals surface area contributed by atoms with E-state index in [0.29, 0.717) is 0 Å². The van der Waals surface area contributed by atoms with Gasteiger partial charge in [-0.2, -0.15) is 0 Å². The number of halogens is 2. The van der Waals surface area contributed by atoms with Crippen LogP contribution in [0.2, 0.25) is 0 Å². The van der Waals surface area contributed by atoms with Gasteiger partial charge in [-0.15, -0.1) is 11.8 Å². The van der Waals surface area contributed by atoms with Crippen LogP contribution in [-0.2, 0) is 0 Å². The first-order chi connectivity index (χ1) is 9.35. The average Bonchev–Trinajstić information content (AvgIpc) is 2.50. The zero-order valence-electron chi connectivity index (χ0n) is 10.5. The fraction of sp³-hybridized carbons (Fsp3) is 0.250. The molecule has 0 amide bonds. The third-order valence-electron chi connectivity index (χ3n) is 2.95. The number of hydrogen-bond acceptors (Lipinski definition) is 1. The molecule has 0 nitrogen and oxygen atoms in total. The Morgan fingerprint density at radius 2 is 1.05 bits per heavy atom. The number of alkyl halides is 2. The van der Waals surface area contributed by atoms with Crippen molar-refractivity contribution >= 4 is 11.8 Å². The number of hydrogen-bond donors (Lipinski definition) is 0. The van der Waals surface area contributed by atoms with Gasteiger partial charge in [-0.3, -0.25) is 0 Å². The van der Waals surface area contributed by atoms with E-state index in [4.69, 9.17) is 0 Å². The van der Waals surface area contributed by atoms with Crippen molar-refractivity contribution in [1.82, 2.24) is 0 Å². The highest BCUT2D eigenvalue weighted by Crippen LogP contribution is 2.40. The van der Waals surface area contributed by atoms with E-state index in [0.717, 1.165) is 11.1 Å². The summed E-state index contributed by atoms with van der Waals surface area (Å²) in [6.07, 6.45) is 0. The first kappa shape index (κ1) is 14.1. The Kier molecular flexibility index (Phi) is 5.40. The monoisotopic (exact) mass is 278 g/mol. The molecule has 0 radical (unpaired) electrons. The van der Waals surface area contributed by atoms with Gasteiger partial charge in [0.25, 0.3) is 0 Å². The van der Waals surface area contributed by atoms with Crippen molar-refractivity contribution in [2.24, 2.45) is 0 Å². The van der Waals surface area contributed by atoms with E-state index >= 15 is 0 Å². The van der Waals surface area contributed by atoms with Crippen molar-refractivity contribution in [1.29, 1.82) is 0 Å². The van der Waals surface area contributed by atoms with Crippen molar-refractivity contribution in [3.05, 3.63) is 71.8 Å². The Morgan fingerprint density at radius 3 is 1.37 bits per heavy atom. The summed E-state index contributed by atoms with van der Waals surface area (Å²) in [7, 11) is 0. The molecule has 0 aliphatic heterocycles. The third-order valence-corrected chi connectivity index (χ3v) is 4.40. The molecule has 0 aromatic heterocycles. The van der Waals surface area contributed by atoms with Crippen LogP contribution in [0.4, 0.5) is 8.78 Å². The Labute approximate surface area is 116 Å². The minimum atomic E-state index is -0.488. The van der Waals surface area contributed by atoms with Crippen LogP contribution in [0.25, 0.3) is 0 Å². The van der Waals surface area contributed by atoms with E-state index in [1.807, 2.05) is 60.7 Å². The molecule has 2 rings (SSSR count). The maximum atomic E-state index is 13.2. The standard InChI is InChI=1S/C16H16F2S/c17-11-15(13-7-3-1-4-8-13)19-16(12-18)14-9-5-2-6-10-14/h1-10,15-16H,11-12H2. The zero-order chi connectivity index (χ0) is 13.5. The minimum Gasteiger partial charge on any atom is -0.250 e. The molecule has 0 fully saturated rings.